The Labute approximate surface area is 87.0 Å². The summed E-state index contributed by atoms with van der Waals surface area (Å²) < 4.78 is 4.59. The second-order valence-corrected chi connectivity index (χ2v) is 3.14. The molecule has 0 saturated carbocycles. The van der Waals surface area contributed by atoms with Gasteiger partial charge in [-0.25, -0.2) is 4.79 Å². The third-order valence-electron chi connectivity index (χ3n) is 1.90. The van der Waals surface area contributed by atoms with Gasteiger partial charge < -0.3 is 20.1 Å². The molecular formula is C9H13NO5. The van der Waals surface area contributed by atoms with Crippen LogP contribution < -0.4 is 0 Å². The van der Waals surface area contributed by atoms with Crippen molar-refractivity contribution < 1.29 is 24.9 Å². The third-order valence-corrected chi connectivity index (χ3v) is 1.90. The molecule has 0 radical (unpaired) electrons. The van der Waals surface area contributed by atoms with Crippen LogP contribution in [0.4, 0.5) is 0 Å². The number of aliphatic hydroxyl groups is 3. The summed E-state index contributed by atoms with van der Waals surface area (Å²) in [6.45, 7) is 1.14. The van der Waals surface area contributed by atoms with Gasteiger partial charge in [0, 0.05) is 0 Å². The molecule has 3 N–H and O–H groups in total. The highest BCUT2D eigenvalue weighted by molar-refractivity contribution is 5.91. The molecule has 0 rings (SSSR count). The Morgan fingerprint density at radius 2 is 1.80 bits per heavy atom. The Morgan fingerprint density at radius 3 is 2.13 bits per heavy atom. The molecule has 0 aliphatic heterocycles. The topological polar surface area (TPSA) is 111 Å². The predicted molar refractivity (Wildman–Crippen MR) is 49.4 cm³/mol. The zero-order chi connectivity index (χ0) is 11.9. The van der Waals surface area contributed by atoms with Gasteiger partial charge in [-0.1, -0.05) is 6.58 Å². The smallest absolute Gasteiger partial charge is 0.348 e. The Bertz CT molecular complexity index is 268. The van der Waals surface area contributed by atoms with Crippen LogP contribution in [0.5, 0.6) is 0 Å². The van der Waals surface area contributed by atoms with Crippen molar-refractivity contribution in [3.8, 4) is 6.07 Å². The summed E-state index contributed by atoms with van der Waals surface area (Å²) in [6.07, 6.45) is 0. The molecule has 0 aliphatic carbocycles. The van der Waals surface area contributed by atoms with Crippen molar-refractivity contribution in [3.05, 3.63) is 12.2 Å². The monoisotopic (exact) mass is 215 g/mol. The lowest BCUT2D eigenvalue weighted by Crippen LogP contribution is -2.39. The molecule has 0 heterocycles. The summed E-state index contributed by atoms with van der Waals surface area (Å²) in [5, 5.41) is 35.0. The zero-order valence-electron chi connectivity index (χ0n) is 8.14. The van der Waals surface area contributed by atoms with Gasteiger partial charge in [-0.15, -0.1) is 0 Å². The number of nitrogens with zero attached hydrogens (tertiary/aromatic N) is 1. The molecule has 0 aromatic rings. The summed E-state index contributed by atoms with van der Waals surface area (Å²) in [5.74, 6) is -0.933. The van der Waals surface area contributed by atoms with E-state index in [1.807, 2.05) is 0 Å². The SMILES string of the molecule is C=C(C#N)C(=O)OCC(CO)(CO)CO. The lowest BCUT2D eigenvalue weighted by atomic mass is 9.93. The maximum Gasteiger partial charge on any atom is 0.348 e. The average molecular weight is 215 g/mol. The Balaban J connectivity index is 4.30. The van der Waals surface area contributed by atoms with Crippen molar-refractivity contribution in [3.63, 3.8) is 0 Å². The van der Waals surface area contributed by atoms with Crippen molar-refractivity contribution >= 4 is 5.97 Å². The summed E-state index contributed by atoms with van der Waals surface area (Å²) in [5.41, 5.74) is -1.66. The number of hydrogen-bond donors (Lipinski definition) is 3. The fraction of sp³-hybridized carbons (Fsp3) is 0.556. The van der Waals surface area contributed by atoms with E-state index >= 15 is 0 Å². The summed E-state index contributed by atoms with van der Waals surface area (Å²) >= 11 is 0. The maximum absolute atomic E-state index is 11.0. The van der Waals surface area contributed by atoms with Crippen molar-refractivity contribution in [2.75, 3.05) is 26.4 Å². The largest absolute Gasteiger partial charge is 0.461 e. The quantitative estimate of drug-likeness (QED) is 0.284. The van der Waals surface area contributed by atoms with Crippen LogP contribution in [0.1, 0.15) is 0 Å². The number of rotatable bonds is 6. The summed E-state index contributed by atoms with van der Waals surface area (Å²) in [7, 11) is 0. The zero-order valence-corrected chi connectivity index (χ0v) is 8.14. The second-order valence-electron chi connectivity index (χ2n) is 3.14. The van der Waals surface area contributed by atoms with Crippen molar-refractivity contribution in [1.29, 1.82) is 5.26 Å². The van der Waals surface area contributed by atoms with Crippen molar-refractivity contribution in [1.82, 2.24) is 0 Å². The minimum Gasteiger partial charge on any atom is -0.461 e. The van der Waals surface area contributed by atoms with E-state index in [0.717, 1.165) is 0 Å². The third kappa shape index (κ3) is 3.67. The molecule has 0 saturated heterocycles. The number of carbonyl (C=O) groups excluding carboxylic acids is 1. The molecule has 0 amide bonds. The van der Waals surface area contributed by atoms with E-state index in [1.165, 1.54) is 6.07 Å². The van der Waals surface area contributed by atoms with Crippen LogP contribution in [-0.2, 0) is 9.53 Å². The first-order chi connectivity index (χ1) is 7.05. The molecule has 0 atom stereocenters. The number of aliphatic hydroxyl groups excluding tert-OH is 3. The minimum atomic E-state index is -1.29. The van der Waals surface area contributed by atoms with E-state index in [4.69, 9.17) is 20.6 Å². The molecule has 0 unspecified atom stereocenters. The lowest BCUT2D eigenvalue weighted by Gasteiger charge is -2.26. The van der Waals surface area contributed by atoms with Crippen LogP contribution in [0.3, 0.4) is 0 Å². The first-order valence-electron chi connectivity index (χ1n) is 4.14. The van der Waals surface area contributed by atoms with Gasteiger partial charge in [-0.2, -0.15) is 5.26 Å². The van der Waals surface area contributed by atoms with Gasteiger partial charge in [0.15, 0.2) is 0 Å². The van der Waals surface area contributed by atoms with E-state index in [2.05, 4.69) is 11.3 Å². The van der Waals surface area contributed by atoms with Gasteiger partial charge in [0.05, 0.1) is 25.2 Å². The fourth-order valence-corrected chi connectivity index (χ4v) is 0.638. The first kappa shape index (κ1) is 13.6. The van der Waals surface area contributed by atoms with Crippen LogP contribution >= 0.6 is 0 Å². The van der Waals surface area contributed by atoms with Gasteiger partial charge in [-0.3, -0.25) is 0 Å². The molecule has 84 valence electrons. The van der Waals surface area contributed by atoms with E-state index < -0.39 is 31.2 Å². The van der Waals surface area contributed by atoms with Gasteiger partial charge in [0.25, 0.3) is 0 Å². The number of esters is 1. The molecule has 0 fully saturated rings. The van der Waals surface area contributed by atoms with Crippen molar-refractivity contribution in [2.24, 2.45) is 5.41 Å². The molecule has 6 nitrogen and oxygen atoms in total. The Kier molecular flexibility index (Phi) is 5.56. The highest BCUT2D eigenvalue weighted by atomic mass is 16.5. The molecular weight excluding hydrogens is 202 g/mol. The van der Waals surface area contributed by atoms with Crippen LogP contribution in [0.25, 0.3) is 0 Å². The number of hydrogen-bond acceptors (Lipinski definition) is 6. The first-order valence-corrected chi connectivity index (χ1v) is 4.14. The molecule has 6 heteroatoms. The van der Waals surface area contributed by atoms with Gasteiger partial charge in [0.2, 0.25) is 0 Å². The number of ether oxygens (including phenoxy) is 1. The molecule has 0 spiro atoms. The van der Waals surface area contributed by atoms with Gasteiger partial charge in [-0.05, 0) is 0 Å². The predicted octanol–water partition coefficient (Wildman–Crippen LogP) is -1.43. The van der Waals surface area contributed by atoms with E-state index in [-0.39, 0.29) is 12.2 Å². The maximum atomic E-state index is 11.0. The normalized spacial score (nSPS) is 10.5. The molecule has 0 aromatic carbocycles. The summed E-state index contributed by atoms with van der Waals surface area (Å²) in [6, 6.07) is 1.50. The van der Waals surface area contributed by atoms with E-state index in [0.29, 0.717) is 0 Å². The molecule has 15 heavy (non-hydrogen) atoms. The molecule has 0 aromatic heterocycles. The Morgan fingerprint density at radius 1 is 1.33 bits per heavy atom. The van der Waals surface area contributed by atoms with Crippen LogP contribution in [0, 0.1) is 16.7 Å². The standard InChI is InChI=1S/C9H13NO5/c1-7(2-10)8(14)15-6-9(3-11,4-12)5-13/h11-13H,1,3-6H2. The van der Waals surface area contributed by atoms with Gasteiger partial charge in [0.1, 0.15) is 18.2 Å². The van der Waals surface area contributed by atoms with Gasteiger partial charge >= 0.3 is 5.97 Å². The molecule has 0 aliphatic rings. The molecule has 0 bridgehead atoms. The highest BCUT2D eigenvalue weighted by Gasteiger charge is 2.30. The average Bonchev–Trinajstić information content (AvgIpc) is 2.30. The number of carbonyl (C=O) groups is 1. The van der Waals surface area contributed by atoms with Crippen molar-refractivity contribution in [2.45, 2.75) is 0 Å². The highest BCUT2D eigenvalue weighted by Crippen LogP contribution is 2.15. The lowest BCUT2D eigenvalue weighted by molar-refractivity contribution is -0.146. The van der Waals surface area contributed by atoms with E-state index in [1.54, 1.807) is 0 Å². The van der Waals surface area contributed by atoms with E-state index in [9.17, 15) is 4.79 Å². The minimum absolute atomic E-state index is 0.377. The van der Waals surface area contributed by atoms with Crippen LogP contribution in [-0.4, -0.2) is 47.7 Å². The second kappa shape index (κ2) is 6.14. The van der Waals surface area contributed by atoms with Crippen LogP contribution in [0.2, 0.25) is 0 Å². The Hall–Kier alpha value is -1.42. The fourth-order valence-electron chi connectivity index (χ4n) is 0.638. The van der Waals surface area contributed by atoms with Crippen LogP contribution in [0.15, 0.2) is 12.2 Å². The number of nitriles is 1. The summed E-state index contributed by atoms with van der Waals surface area (Å²) in [4.78, 5) is 11.0.